The van der Waals surface area contributed by atoms with Gasteiger partial charge in [0.15, 0.2) is 4.32 Å². The van der Waals surface area contributed by atoms with Gasteiger partial charge in [-0.15, -0.1) is 0 Å². The first-order chi connectivity index (χ1) is 16.2. The number of benzene rings is 2. The SMILES string of the molecule is COc1cccc(C(=O)NN2C(=O)/C(=C\c3c(C)nn(-c4cc(C)ccc4C)c3Cl)SC2=S)c1. The first-order valence-corrected chi connectivity index (χ1v) is 11.9. The number of thioether (sulfide) groups is 1. The lowest BCUT2D eigenvalue weighted by Crippen LogP contribution is -2.44. The Morgan fingerprint density at radius 1 is 1.21 bits per heavy atom. The molecule has 1 aromatic heterocycles. The number of hydrogen-bond donors (Lipinski definition) is 1. The third kappa shape index (κ3) is 4.59. The van der Waals surface area contributed by atoms with E-state index >= 15 is 0 Å². The Labute approximate surface area is 211 Å². The van der Waals surface area contributed by atoms with Crippen molar-refractivity contribution in [1.29, 1.82) is 0 Å². The fourth-order valence-electron chi connectivity index (χ4n) is 3.41. The second-order valence-corrected chi connectivity index (χ2v) is 9.72. The molecule has 4 rings (SSSR count). The van der Waals surface area contributed by atoms with Crippen LogP contribution in [0, 0.1) is 20.8 Å². The number of halogens is 1. The number of aryl methyl sites for hydroxylation is 3. The molecule has 0 bridgehead atoms. The van der Waals surface area contributed by atoms with E-state index in [0.29, 0.717) is 32.6 Å². The summed E-state index contributed by atoms with van der Waals surface area (Å²) in [6.45, 7) is 5.81. The number of rotatable bonds is 5. The summed E-state index contributed by atoms with van der Waals surface area (Å²) in [7, 11) is 1.51. The lowest BCUT2D eigenvalue weighted by molar-refractivity contribution is -0.123. The maximum atomic E-state index is 13.0. The van der Waals surface area contributed by atoms with Crippen molar-refractivity contribution in [3.63, 3.8) is 0 Å². The monoisotopic (exact) mass is 512 g/mol. The highest BCUT2D eigenvalue weighted by Gasteiger charge is 2.34. The molecule has 1 fully saturated rings. The van der Waals surface area contributed by atoms with E-state index in [4.69, 9.17) is 28.6 Å². The first kappa shape index (κ1) is 24.0. The number of carbonyl (C=O) groups is 2. The summed E-state index contributed by atoms with van der Waals surface area (Å²) in [5, 5.41) is 6.03. The fraction of sp³-hybridized carbons (Fsp3) is 0.167. The molecule has 174 valence electrons. The predicted octanol–water partition coefficient (Wildman–Crippen LogP) is 5.01. The van der Waals surface area contributed by atoms with Gasteiger partial charge in [0.05, 0.1) is 23.4 Å². The van der Waals surface area contributed by atoms with Crippen LogP contribution in [0.1, 0.15) is 32.7 Å². The maximum Gasteiger partial charge on any atom is 0.285 e. The van der Waals surface area contributed by atoms with Crippen LogP contribution in [0.2, 0.25) is 5.15 Å². The standard InChI is InChI=1S/C24H21ClN4O3S2/c1-13-8-9-14(2)19(10-13)28-21(25)18(15(3)26-28)12-20-23(31)29(24(33)34-20)27-22(30)16-6-5-7-17(11-16)32-4/h5-12H,1-4H3,(H,27,30)/b20-12+. The van der Waals surface area contributed by atoms with E-state index in [9.17, 15) is 9.59 Å². The molecule has 0 saturated carbocycles. The summed E-state index contributed by atoms with van der Waals surface area (Å²) in [5.41, 5.74) is 7.15. The lowest BCUT2D eigenvalue weighted by atomic mass is 10.1. The molecule has 2 amide bonds. The second-order valence-electron chi connectivity index (χ2n) is 7.68. The van der Waals surface area contributed by atoms with Gasteiger partial charge in [0.2, 0.25) is 0 Å². The molecule has 34 heavy (non-hydrogen) atoms. The average Bonchev–Trinajstić information content (AvgIpc) is 3.25. The first-order valence-electron chi connectivity index (χ1n) is 10.3. The van der Waals surface area contributed by atoms with E-state index in [0.717, 1.165) is 33.6 Å². The van der Waals surface area contributed by atoms with Crippen LogP contribution in [0.25, 0.3) is 11.8 Å². The summed E-state index contributed by atoms with van der Waals surface area (Å²) in [6, 6.07) is 12.7. The zero-order valence-corrected chi connectivity index (χ0v) is 21.3. The Bertz CT molecular complexity index is 1370. The van der Waals surface area contributed by atoms with E-state index in [1.54, 1.807) is 35.0 Å². The normalized spacial score (nSPS) is 14.7. The Morgan fingerprint density at radius 3 is 2.71 bits per heavy atom. The topological polar surface area (TPSA) is 76.5 Å². The molecule has 0 atom stereocenters. The zero-order chi connectivity index (χ0) is 24.6. The van der Waals surface area contributed by atoms with Crippen molar-refractivity contribution in [2.75, 3.05) is 7.11 Å². The number of methoxy groups -OCH3 is 1. The average molecular weight is 513 g/mol. The molecule has 1 N–H and O–H groups in total. The Morgan fingerprint density at radius 2 is 1.97 bits per heavy atom. The minimum atomic E-state index is -0.478. The summed E-state index contributed by atoms with van der Waals surface area (Å²) in [6.07, 6.45) is 1.66. The van der Waals surface area contributed by atoms with Crippen molar-refractivity contribution < 1.29 is 14.3 Å². The molecular formula is C24H21ClN4O3S2. The molecule has 1 aliphatic heterocycles. The van der Waals surface area contributed by atoms with Gasteiger partial charge in [0.1, 0.15) is 10.9 Å². The third-order valence-electron chi connectivity index (χ3n) is 5.26. The maximum absolute atomic E-state index is 13.0. The van der Waals surface area contributed by atoms with Crippen molar-refractivity contribution in [2.45, 2.75) is 20.8 Å². The number of nitrogens with one attached hydrogen (secondary N) is 1. The van der Waals surface area contributed by atoms with Crippen LogP contribution >= 0.6 is 35.6 Å². The molecule has 2 heterocycles. The largest absolute Gasteiger partial charge is 0.497 e. The van der Waals surface area contributed by atoms with Gasteiger partial charge in [-0.2, -0.15) is 10.1 Å². The van der Waals surface area contributed by atoms with Crippen molar-refractivity contribution in [3.8, 4) is 11.4 Å². The highest BCUT2D eigenvalue weighted by molar-refractivity contribution is 8.26. The van der Waals surface area contributed by atoms with Crippen molar-refractivity contribution in [2.24, 2.45) is 0 Å². The van der Waals surface area contributed by atoms with Crippen LogP contribution in [0.5, 0.6) is 5.75 Å². The van der Waals surface area contributed by atoms with Crippen LogP contribution in [-0.2, 0) is 4.79 Å². The molecule has 0 aliphatic carbocycles. The third-order valence-corrected chi connectivity index (χ3v) is 6.92. The Hall–Kier alpha value is -3.14. The van der Waals surface area contributed by atoms with Crippen LogP contribution in [0.15, 0.2) is 47.4 Å². The zero-order valence-electron chi connectivity index (χ0n) is 18.9. The molecule has 3 aromatic rings. The quantitative estimate of drug-likeness (QED) is 0.383. The van der Waals surface area contributed by atoms with Crippen molar-refractivity contribution >= 4 is 57.8 Å². The van der Waals surface area contributed by atoms with Gasteiger partial charge in [0.25, 0.3) is 11.8 Å². The summed E-state index contributed by atoms with van der Waals surface area (Å²) < 4.78 is 7.03. The number of aromatic nitrogens is 2. The number of amides is 2. The van der Waals surface area contributed by atoms with Crippen LogP contribution < -0.4 is 10.2 Å². The molecule has 10 heteroatoms. The molecule has 2 aromatic carbocycles. The smallest absolute Gasteiger partial charge is 0.285 e. The number of hydrazine groups is 1. The van der Waals surface area contributed by atoms with Gasteiger partial charge < -0.3 is 4.74 Å². The molecule has 0 radical (unpaired) electrons. The van der Waals surface area contributed by atoms with Gasteiger partial charge in [-0.05, 0) is 74.5 Å². The minimum Gasteiger partial charge on any atom is -0.497 e. The predicted molar refractivity (Wildman–Crippen MR) is 138 cm³/mol. The summed E-state index contributed by atoms with van der Waals surface area (Å²) >= 11 is 13.1. The van der Waals surface area contributed by atoms with Crippen molar-refractivity contribution in [1.82, 2.24) is 20.2 Å². The lowest BCUT2D eigenvalue weighted by Gasteiger charge is -2.15. The molecular weight excluding hydrogens is 492 g/mol. The fourth-order valence-corrected chi connectivity index (χ4v) is 4.89. The van der Waals surface area contributed by atoms with Gasteiger partial charge in [0, 0.05) is 11.1 Å². The summed E-state index contributed by atoms with van der Waals surface area (Å²) in [4.78, 5) is 26.1. The van der Waals surface area contributed by atoms with Gasteiger partial charge in [-0.3, -0.25) is 15.0 Å². The van der Waals surface area contributed by atoms with Crippen molar-refractivity contribution in [3.05, 3.63) is 80.5 Å². The second kappa shape index (κ2) is 9.61. The Balaban J connectivity index is 1.61. The molecule has 1 saturated heterocycles. The van der Waals surface area contributed by atoms with Gasteiger partial charge in [-0.25, -0.2) is 4.68 Å². The van der Waals surface area contributed by atoms with E-state index in [2.05, 4.69) is 10.5 Å². The highest BCUT2D eigenvalue weighted by atomic mass is 35.5. The minimum absolute atomic E-state index is 0.211. The number of nitrogens with zero attached hydrogens (tertiary/aromatic N) is 3. The molecule has 7 nitrogen and oxygen atoms in total. The molecule has 0 unspecified atom stereocenters. The van der Waals surface area contributed by atoms with Crippen LogP contribution in [0.3, 0.4) is 0 Å². The van der Waals surface area contributed by atoms with Crippen LogP contribution in [0.4, 0.5) is 0 Å². The van der Waals surface area contributed by atoms with E-state index in [1.165, 1.54) is 7.11 Å². The van der Waals surface area contributed by atoms with E-state index in [-0.39, 0.29) is 4.32 Å². The molecule has 1 aliphatic rings. The summed E-state index contributed by atoms with van der Waals surface area (Å²) in [5.74, 6) is -0.390. The Kier molecular flexibility index (Phi) is 6.79. The van der Waals surface area contributed by atoms with E-state index in [1.807, 2.05) is 39.0 Å². The number of thiocarbonyl (C=S) groups is 1. The van der Waals surface area contributed by atoms with Gasteiger partial charge >= 0.3 is 0 Å². The van der Waals surface area contributed by atoms with Gasteiger partial charge in [-0.1, -0.05) is 41.6 Å². The van der Waals surface area contributed by atoms with Crippen LogP contribution in [-0.4, -0.2) is 38.0 Å². The highest BCUT2D eigenvalue weighted by Crippen LogP contribution is 2.35. The number of hydrogen-bond acceptors (Lipinski definition) is 6. The van der Waals surface area contributed by atoms with E-state index < -0.39 is 11.8 Å². The molecule has 0 spiro atoms. The number of carbonyl (C=O) groups excluding carboxylic acids is 2. The number of ether oxygens (including phenoxy) is 1.